The molecular formula is C20H21N5O. The Morgan fingerprint density at radius 1 is 1.15 bits per heavy atom. The van der Waals surface area contributed by atoms with Crippen molar-refractivity contribution in [3.05, 3.63) is 78.4 Å². The van der Waals surface area contributed by atoms with Gasteiger partial charge >= 0.3 is 6.03 Å². The van der Waals surface area contributed by atoms with Crippen molar-refractivity contribution in [1.82, 2.24) is 20.1 Å². The van der Waals surface area contributed by atoms with E-state index in [1.807, 2.05) is 24.3 Å². The first-order valence-corrected chi connectivity index (χ1v) is 8.80. The molecular weight excluding hydrogens is 326 g/mol. The van der Waals surface area contributed by atoms with Crippen LogP contribution in [0.1, 0.15) is 23.6 Å². The van der Waals surface area contributed by atoms with Gasteiger partial charge in [0.25, 0.3) is 0 Å². The zero-order chi connectivity index (χ0) is 17.8. The van der Waals surface area contributed by atoms with E-state index in [1.165, 1.54) is 5.56 Å². The summed E-state index contributed by atoms with van der Waals surface area (Å²) in [6, 6.07) is 16.0. The second-order valence-electron chi connectivity index (χ2n) is 6.60. The third-order valence-electron chi connectivity index (χ3n) is 4.62. The highest BCUT2D eigenvalue weighted by Crippen LogP contribution is 2.46. The van der Waals surface area contributed by atoms with Gasteiger partial charge in [0.2, 0.25) is 0 Å². The monoisotopic (exact) mass is 347 g/mol. The molecule has 0 spiro atoms. The van der Waals surface area contributed by atoms with Crippen LogP contribution in [-0.2, 0) is 6.54 Å². The third-order valence-corrected chi connectivity index (χ3v) is 4.62. The zero-order valence-corrected chi connectivity index (χ0v) is 14.4. The molecule has 3 aromatic rings. The van der Waals surface area contributed by atoms with Crippen molar-refractivity contribution < 1.29 is 4.79 Å². The summed E-state index contributed by atoms with van der Waals surface area (Å²) in [4.78, 5) is 16.4. The van der Waals surface area contributed by atoms with Gasteiger partial charge in [0, 0.05) is 18.9 Å². The molecule has 1 saturated carbocycles. The molecule has 0 radical (unpaired) electrons. The molecule has 0 unspecified atom stereocenters. The molecule has 132 valence electrons. The topological polar surface area (TPSA) is 71.8 Å². The first-order chi connectivity index (χ1) is 12.8. The Bertz CT molecular complexity index is 862. The largest absolute Gasteiger partial charge is 0.338 e. The van der Waals surface area contributed by atoms with Gasteiger partial charge in [-0.15, -0.1) is 0 Å². The molecule has 1 fully saturated rings. The SMILES string of the molecule is O=C(NC[C@H]1C[C@@H]1c1ccccc1)Nc1cnn(Cc2ccccn2)c1. The van der Waals surface area contributed by atoms with Gasteiger partial charge in [0.15, 0.2) is 0 Å². The number of benzene rings is 1. The molecule has 4 rings (SSSR count). The van der Waals surface area contributed by atoms with Crippen LogP contribution in [0.3, 0.4) is 0 Å². The van der Waals surface area contributed by atoms with Crippen molar-refractivity contribution >= 4 is 11.7 Å². The Kier molecular flexibility index (Phi) is 4.64. The van der Waals surface area contributed by atoms with E-state index in [-0.39, 0.29) is 6.03 Å². The second kappa shape index (κ2) is 7.39. The van der Waals surface area contributed by atoms with Gasteiger partial charge in [-0.3, -0.25) is 9.67 Å². The highest BCUT2D eigenvalue weighted by molar-refractivity contribution is 5.88. The molecule has 0 saturated heterocycles. The van der Waals surface area contributed by atoms with Gasteiger partial charge in [-0.2, -0.15) is 5.10 Å². The molecule has 2 heterocycles. The molecule has 2 aromatic heterocycles. The Morgan fingerprint density at radius 2 is 2.00 bits per heavy atom. The summed E-state index contributed by atoms with van der Waals surface area (Å²) in [7, 11) is 0. The Labute approximate surface area is 152 Å². The first-order valence-electron chi connectivity index (χ1n) is 8.80. The number of rotatable bonds is 6. The van der Waals surface area contributed by atoms with Crippen LogP contribution in [0.4, 0.5) is 10.5 Å². The summed E-state index contributed by atoms with van der Waals surface area (Å²) in [6.07, 6.45) is 6.34. The number of hydrogen-bond acceptors (Lipinski definition) is 3. The smallest absolute Gasteiger partial charge is 0.319 e. The summed E-state index contributed by atoms with van der Waals surface area (Å²) in [6.45, 7) is 1.26. The molecule has 2 amide bonds. The summed E-state index contributed by atoms with van der Waals surface area (Å²) in [5.41, 5.74) is 2.96. The van der Waals surface area contributed by atoms with E-state index in [4.69, 9.17) is 0 Å². The van der Waals surface area contributed by atoms with Gasteiger partial charge in [0.05, 0.1) is 24.1 Å². The fourth-order valence-corrected chi connectivity index (χ4v) is 3.15. The lowest BCUT2D eigenvalue weighted by Gasteiger charge is -2.06. The normalized spacial score (nSPS) is 18.3. The maximum Gasteiger partial charge on any atom is 0.319 e. The fraction of sp³-hybridized carbons (Fsp3) is 0.250. The average Bonchev–Trinajstić information content (AvgIpc) is 3.34. The molecule has 6 heteroatoms. The van der Waals surface area contributed by atoms with Crippen molar-refractivity contribution in [2.24, 2.45) is 5.92 Å². The number of pyridine rings is 1. The van der Waals surface area contributed by atoms with Crippen LogP contribution in [0, 0.1) is 5.92 Å². The summed E-state index contributed by atoms with van der Waals surface area (Å²) in [5.74, 6) is 1.09. The van der Waals surface area contributed by atoms with Gasteiger partial charge in [-0.05, 0) is 36.0 Å². The standard InChI is InChI=1S/C20H21N5O/c26-20(22-11-16-10-19(16)15-6-2-1-3-7-15)24-18-12-23-25(14-18)13-17-8-4-5-9-21-17/h1-9,12,14,16,19H,10-11,13H2,(H2,22,24,26)/t16-,19-/m1/s1. The number of carbonyl (C=O) groups is 1. The molecule has 1 aromatic carbocycles. The Balaban J connectivity index is 1.23. The van der Waals surface area contributed by atoms with Crippen LogP contribution in [0.2, 0.25) is 0 Å². The van der Waals surface area contributed by atoms with E-state index in [2.05, 4.69) is 45.0 Å². The molecule has 1 aliphatic rings. The minimum absolute atomic E-state index is 0.193. The molecule has 0 bridgehead atoms. The van der Waals surface area contributed by atoms with Crippen molar-refractivity contribution in [2.45, 2.75) is 18.9 Å². The molecule has 6 nitrogen and oxygen atoms in total. The molecule has 2 atom stereocenters. The van der Waals surface area contributed by atoms with E-state index < -0.39 is 0 Å². The van der Waals surface area contributed by atoms with Crippen LogP contribution in [-0.4, -0.2) is 27.3 Å². The van der Waals surface area contributed by atoms with Crippen molar-refractivity contribution in [1.29, 1.82) is 0 Å². The average molecular weight is 347 g/mol. The highest BCUT2D eigenvalue weighted by Gasteiger charge is 2.37. The van der Waals surface area contributed by atoms with Crippen LogP contribution in [0.15, 0.2) is 67.1 Å². The lowest BCUT2D eigenvalue weighted by Crippen LogP contribution is -2.30. The fourth-order valence-electron chi connectivity index (χ4n) is 3.15. The number of urea groups is 1. The second-order valence-corrected chi connectivity index (χ2v) is 6.60. The zero-order valence-electron chi connectivity index (χ0n) is 14.4. The predicted molar refractivity (Wildman–Crippen MR) is 99.9 cm³/mol. The van der Waals surface area contributed by atoms with E-state index in [9.17, 15) is 4.79 Å². The number of amides is 2. The number of hydrogen-bond donors (Lipinski definition) is 2. The number of nitrogens with one attached hydrogen (secondary N) is 2. The lowest BCUT2D eigenvalue weighted by atomic mass is 10.1. The number of aromatic nitrogens is 3. The maximum atomic E-state index is 12.1. The van der Waals surface area contributed by atoms with Crippen molar-refractivity contribution in [2.75, 3.05) is 11.9 Å². The number of nitrogens with zero attached hydrogens (tertiary/aromatic N) is 3. The van der Waals surface area contributed by atoms with E-state index in [0.29, 0.717) is 30.6 Å². The summed E-state index contributed by atoms with van der Waals surface area (Å²) < 4.78 is 1.75. The third kappa shape index (κ3) is 4.08. The molecule has 2 N–H and O–H groups in total. The van der Waals surface area contributed by atoms with Gasteiger partial charge < -0.3 is 10.6 Å². The van der Waals surface area contributed by atoms with E-state index >= 15 is 0 Å². The van der Waals surface area contributed by atoms with Crippen molar-refractivity contribution in [3.63, 3.8) is 0 Å². The van der Waals surface area contributed by atoms with Crippen LogP contribution in [0.5, 0.6) is 0 Å². The van der Waals surface area contributed by atoms with Crippen molar-refractivity contribution in [3.8, 4) is 0 Å². The lowest BCUT2D eigenvalue weighted by molar-refractivity contribution is 0.251. The molecule has 1 aliphatic carbocycles. The Morgan fingerprint density at radius 3 is 2.81 bits per heavy atom. The summed E-state index contributed by atoms with van der Waals surface area (Å²) >= 11 is 0. The molecule has 26 heavy (non-hydrogen) atoms. The van der Waals surface area contributed by atoms with Gasteiger partial charge in [-0.1, -0.05) is 36.4 Å². The maximum absolute atomic E-state index is 12.1. The van der Waals surface area contributed by atoms with Crippen LogP contribution in [0.25, 0.3) is 0 Å². The van der Waals surface area contributed by atoms with E-state index in [0.717, 1.165) is 12.1 Å². The predicted octanol–water partition coefficient (Wildman–Crippen LogP) is 3.25. The number of carbonyl (C=O) groups excluding carboxylic acids is 1. The van der Waals surface area contributed by atoms with E-state index in [1.54, 1.807) is 23.3 Å². The minimum Gasteiger partial charge on any atom is -0.338 e. The Hall–Kier alpha value is -3.15. The van der Waals surface area contributed by atoms with Crippen LogP contribution >= 0.6 is 0 Å². The van der Waals surface area contributed by atoms with Gasteiger partial charge in [-0.25, -0.2) is 4.79 Å². The molecule has 0 aliphatic heterocycles. The highest BCUT2D eigenvalue weighted by atomic mass is 16.2. The van der Waals surface area contributed by atoms with Crippen LogP contribution < -0.4 is 10.6 Å². The summed E-state index contributed by atoms with van der Waals surface area (Å²) in [5, 5.41) is 10.0. The number of anilines is 1. The minimum atomic E-state index is -0.193. The quantitative estimate of drug-likeness (QED) is 0.719. The van der Waals surface area contributed by atoms with Gasteiger partial charge in [0.1, 0.15) is 0 Å². The first kappa shape index (κ1) is 16.3.